The van der Waals surface area contributed by atoms with Crippen LogP contribution in [0.2, 0.25) is 0 Å². The van der Waals surface area contributed by atoms with Gasteiger partial charge in [0, 0.05) is 47.8 Å². The summed E-state index contributed by atoms with van der Waals surface area (Å²) in [7, 11) is -3.19. The molecule has 22 heavy (non-hydrogen) atoms. The average Bonchev–Trinajstić information content (AvgIpc) is 3.15. The van der Waals surface area contributed by atoms with E-state index in [1.807, 2.05) is 24.4 Å². The summed E-state index contributed by atoms with van der Waals surface area (Å²) >= 11 is 0. The number of H-pyrrole nitrogens is 1. The number of pyridine rings is 2. The number of nitrogens with one attached hydrogen (secondary N) is 1. The summed E-state index contributed by atoms with van der Waals surface area (Å²) < 4.78 is 24.9. The van der Waals surface area contributed by atoms with E-state index in [-0.39, 0.29) is 0 Å². The van der Waals surface area contributed by atoms with Gasteiger partial charge in [0.1, 0.15) is 0 Å². The molecule has 0 fully saturated rings. The fourth-order valence-corrected chi connectivity index (χ4v) is 3.60. The van der Waals surface area contributed by atoms with Crippen LogP contribution in [0.15, 0.2) is 36.8 Å². The molecule has 0 bridgehead atoms. The van der Waals surface area contributed by atoms with Gasteiger partial charge in [-0.3, -0.25) is 0 Å². The Kier molecular flexibility index (Phi) is 2.82. The molecule has 0 saturated carbocycles. The maximum absolute atomic E-state index is 11.7. The molecule has 0 unspecified atom stereocenters. The smallest absolute Gasteiger partial charge is 0.211 e. The van der Waals surface area contributed by atoms with Crippen molar-refractivity contribution in [2.45, 2.75) is 0 Å². The molecule has 3 aromatic rings. The first-order valence-electron chi connectivity index (χ1n) is 6.89. The Morgan fingerprint density at radius 3 is 2.91 bits per heavy atom. The molecule has 0 amide bonds. The summed E-state index contributed by atoms with van der Waals surface area (Å²) in [5.41, 5.74) is 2.61. The standard InChI is InChI=1S/C15H14N4O2S/c1-22(20,21)19-7-4-11(9-19)14-13-10(2-5-16-14)8-18-15-12(13)3-6-17-15/h2-6,8,16H,7,9H2,1H3. The lowest BCUT2D eigenvalue weighted by molar-refractivity contribution is 0.496. The molecule has 7 heteroatoms. The Morgan fingerprint density at radius 2 is 2.14 bits per heavy atom. The van der Waals surface area contributed by atoms with Crippen molar-refractivity contribution in [1.82, 2.24) is 19.3 Å². The maximum atomic E-state index is 11.7. The van der Waals surface area contributed by atoms with Crippen LogP contribution in [-0.2, 0) is 10.0 Å². The van der Waals surface area contributed by atoms with Crippen LogP contribution in [0.5, 0.6) is 0 Å². The minimum atomic E-state index is -3.19. The zero-order valence-corrected chi connectivity index (χ0v) is 12.8. The normalized spacial score (nSPS) is 16.5. The molecule has 6 nitrogen and oxygen atoms in total. The highest BCUT2D eigenvalue weighted by atomic mass is 32.2. The van der Waals surface area contributed by atoms with Crippen LogP contribution in [0.25, 0.3) is 27.4 Å². The van der Waals surface area contributed by atoms with Gasteiger partial charge in [-0.1, -0.05) is 6.08 Å². The van der Waals surface area contributed by atoms with Gasteiger partial charge >= 0.3 is 0 Å². The molecule has 0 saturated heterocycles. The lowest BCUT2D eigenvalue weighted by atomic mass is 10.0. The molecule has 0 radical (unpaired) electrons. The molecule has 1 N–H and O–H groups in total. The molecule has 1 aliphatic heterocycles. The molecule has 4 rings (SSSR count). The van der Waals surface area contributed by atoms with Crippen LogP contribution < -0.4 is 0 Å². The molecule has 112 valence electrons. The monoisotopic (exact) mass is 314 g/mol. The van der Waals surface area contributed by atoms with Gasteiger partial charge in [0.15, 0.2) is 5.65 Å². The lowest BCUT2D eigenvalue weighted by Crippen LogP contribution is -2.27. The quantitative estimate of drug-likeness (QED) is 0.782. The average molecular weight is 314 g/mol. The van der Waals surface area contributed by atoms with E-state index >= 15 is 0 Å². The molecular formula is C15H14N4O2S. The Bertz CT molecular complexity index is 1020. The summed E-state index contributed by atoms with van der Waals surface area (Å²) in [5, 5.41) is 3.02. The van der Waals surface area contributed by atoms with Crippen molar-refractivity contribution in [3.05, 3.63) is 42.5 Å². The molecule has 0 aliphatic carbocycles. The predicted molar refractivity (Wildman–Crippen MR) is 85.8 cm³/mol. The fourth-order valence-electron chi connectivity index (χ4n) is 2.89. The Labute approximate surface area is 127 Å². The van der Waals surface area contributed by atoms with Crippen molar-refractivity contribution in [2.75, 3.05) is 19.3 Å². The summed E-state index contributed by atoms with van der Waals surface area (Å²) in [4.78, 5) is 11.8. The van der Waals surface area contributed by atoms with E-state index in [4.69, 9.17) is 0 Å². The van der Waals surface area contributed by atoms with E-state index in [1.165, 1.54) is 10.6 Å². The molecule has 4 heterocycles. The highest BCUT2D eigenvalue weighted by Gasteiger charge is 2.24. The van der Waals surface area contributed by atoms with Crippen molar-refractivity contribution in [3.63, 3.8) is 0 Å². The Morgan fingerprint density at radius 1 is 1.27 bits per heavy atom. The largest absolute Gasteiger partial charge is 0.361 e. The van der Waals surface area contributed by atoms with Gasteiger partial charge in [0.2, 0.25) is 10.0 Å². The number of hydrogen-bond donors (Lipinski definition) is 1. The molecular weight excluding hydrogens is 300 g/mol. The van der Waals surface area contributed by atoms with Crippen molar-refractivity contribution >= 4 is 37.4 Å². The molecule has 0 atom stereocenters. The van der Waals surface area contributed by atoms with Crippen LogP contribution in [0.1, 0.15) is 5.69 Å². The third kappa shape index (κ3) is 2.01. The van der Waals surface area contributed by atoms with Gasteiger partial charge < -0.3 is 4.98 Å². The number of fused-ring (bicyclic) bond motifs is 3. The van der Waals surface area contributed by atoms with Crippen LogP contribution in [-0.4, -0.2) is 47.0 Å². The number of aromatic amines is 1. The summed E-state index contributed by atoms with van der Waals surface area (Å²) in [6, 6.07) is 3.90. The highest BCUT2D eigenvalue weighted by molar-refractivity contribution is 7.88. The zero-order valence-electron chi connectivity index (χ0n) is 11.9. The number of sulfonamides is 1. The summed E-state index contributed by atoms with van der Waals surface area (Å²) in [6.45, 7) is 0.790. The zero-order chi connectivity index (χ0) is 15.3. The topological polar surface area (TPSA) is 79.0 Å². The second-order valence-electron chi connectivity index (χ2n) is 5.41. The Hall–Kier alpha value is -2.25. The third-order valence-corrected chi connectivity index (χ3v) is 5.20. The first kappa shape index (κ1) is 13.4. The van der Waals surface area contributed by atoms with Gasteiger partial charge in [-0.05, 0) is 17.7 Å². The van der Waals surface area contributed by atoms with Crippen LogP contribution in [0, 0.1) is 0 Å². The van der Waals surface area contributed by atoms with E-state index in [0.717, 1.165) is 27.4 Å². The number of rotatable bonds is 2. The van der Waals surface area contributed by atoms with Gasteiger partial charge in [-0.2, -0.15) is 4.31 Å². The number of nitrogens with zero attached hydrogens (tertiary/aromatic N) is 3. The number of hydrogen-bond acceptors (Lipinski definition) is 4. The van der Waals surface area contributed by atoms with Gasteiger partial charge in [-0.15, -0.1) is 0 Å². The van der Waals surface area contributed by atoms with E-state index < -0.39 is 10.0 Å². The number of aromatic nitrogens is 3. The molecule has 0 spiro atoms. The van der Waals surface area contributed by atoms with Crippen LogP contribution >= 0.6 is 0 Å². The SMILES string of the molecule is CS(=O)(=O)N1CC=C(c2[nH]ccc3cnc4nccc4c23)C1. The van der Waals surface area contributed by atoms with Crippen molar-refractivity contribution in [1.29, 1.82) is 0 Å². The third-order valence-electron chi connectivity index (χ3n) is 3.98. The second-order valence-corrected chi connectivity index (χ2v) is 7.39. The molecule has 3 aromatic heterocycles. The van der Waals surface area contributed by atoms with E-state index in [0.29, 0.717) is 18.7 Å². The maximum Gasteiger partial charge on any atom is 0.211 e. The highest BCUT2D eigenvalue weighted by Crippen LogP contribution is 2.31. The predicted octanol–water partition coefficient (Wildman–Crippen LogP) is 1.77. The molecule has 0 aromatic carbocycles. The Balaban J connectivity index is 1.91. The van der Waals surface area contributed by atoms with Gasteiger partial charge in [0.05, 0.1) is 11.9 Å². The van der Waals surface area contributed by atoms with Crippen LogP contribution in [0.3, 0.4) is 0 Å². The lowest BCUT2D eigenvalue weighted by Gasteiger charge is -2.14. The van der Waals surface area contributed by atoms with Crippen LogP contribution in [0.4, 0.5) is 0 Å². The van der Waals surface area contributed by atoms with E-state index in [1.54, 1.807) is 12.4 Å². The summed E-state index contributed by atoms with van der Waals surface area (Å²) in [6.07, 6.45) is 8.58. The summed E-state index contributed by atoms with van der Waals surface area (Å²) in [5.74, 6) is 0. The van der Waals surface area contributed by atoms with Crippen molar-refractivity contribution < 1.29 is 8.42 Å². The first-order chi connectivity index (χ1) is 10.5. The molecule has 1 aliphatic rings. The van der Waals surface area contributed by atoms with E-state index in [9.17, 15) is 8.42 Å². The van der Waals surface area contributed by atoms with Crippen molar-refractivity contribution in [3.8, 4) is 0 Å². The minimum absolute atomic E-state index is 0.381. The van der Waals surface area contributed by atoms with Crippen molar-refractivity contribution in [2.24, 2.45) is 0 Å². The van der Waals surface area contributed by atoms with Gasteiger partial charge in [-0.25, -0.2) is 18.4 Å². The second kappa shape index (κ2) is 4.62. The van der Waals surface area contributed by atoms with E-state index in [2.05, 4.69) is 15.0 Å². The minimum Gasteiger partial charge on any atom is -0.361 e. The van der Waals surface area contributed by atoms with Gasteiger partial charge in [0.25, 0.3) is 0 Å². The first-order valence-corrected chi connectivity index (χ1v) is 8.74. The fraction of sp³-hybridized carbons (Fsp3) is 0.200.